The van der Waals surface area contributed by atoms with Gasteiger partial charge in [-0.3, -0.25) is 37.3 Å². The number of carbonyl (C=O) groups excluding carboxylic acids is 4. The van der Waals surface area contributed by atoms with Gasteiger partial charge in [0.05, 0.1) is 26.4 Å². The maximum Gasteiger partial charge on any atom is 0.472 e. The largest absolute Gasteiger partial charge is 0.472 e. The van der Waals surface area contributed by atoms with Gasteiger partial charge in [-0.25, -0.2) is 9.13 Å². The molecule has 6 atom stereocenters. The predicted molar refractivity (Wildman–Crippen MR) is 363 cm³/mol. The molecule has 0 fully saturated rings. The highest BCUT2D eigenvalue weighted by molar-refractivity contribution is 7.47. The topological polar surface area (TPSA) is 237 Å². The zero-order chi connectivity index (χ0) is 66.6. The van der Waals surface area contributed by atoms with E-state index in [2.05, 4.69) is 72.8 Å². The van der Waals surface area contributed by atoms with E-state index in [9.17, 15) is 43.2 Å². The molecule has 0 saturated carbocycles. The summed E-state index contributed by atoms with van der Waals surface area (Å²) >= 11 is 0. The van der Waals surface area contributed by atoms with Crippen LogP contribution in [0.15, 0.2) is 24.3 Å². The average Bonchev–Trinajstić information content (AvgIpc) is 2.36. The Labute approximate surface area is 548 Å². The molecule has 0 aromatic rings. The minimum Gasteiger partial charge on any atom is -0.462 e. The van der Waals surface area contributed by atoms with Gasteiger partial charge in [0.15, 0.2) is 12.2 Å². The molecule has 0 radical (unpaired) electrons. The van der Waals surface area contributed by atoms with Gasteiger partial charge < -0.3 is 33.8 Å². The van der Waals surface area contributed by atoms with Crippen molar-refractivity contribution >= 4 is 39.5 Å². The van der Waals surface area contributed by atoms with Crippen molar-refractivity contribution in [2.75, 3.05) is 39.6 Å². The summed E-state index contributed by atoms with van der Waals surface area (Å²) < 4.78 is 68.2. The van der Waals surface area contributed by atoms with E-state index in [4.69, 9.17) is 37.0 Å². The Hall–Kier alpha value is -2.46. The van der Waals surface area contributed by atoms with Crippen molar-refractivity contribution in [3.63, 3.8) is 0 Å². The van der Waals surface area contributed by atoms with Crippen LogP contribution in [0.5, 0.6) is 0 Å². The smallest absolute Gasteiger partial charge is 0.462 e. The second-order valence-electron chi connectivity index (χ2n) is 26.1. The number of esters is 4. The van der Waals surface area contributed by atoms with Gasteiger partial charge in [-0.2, -0.15) is 0 Å². The molecule has 3 N–H and O–H groups in total. The van der Waals surface area contributed by atoms with E-state index in [1.807, 2.05) is 0 Å². The molecule has 0 aliphatic carbocycles. The summed E-state index contributed by atoms with van der Waals surface area (Å²) in [7, 11) is -9.92. The highest BCUT2D eigenvalue weighted by atomic mass is 31.2. The molecule has 17 nitrogen and oxygen atoms in total. The lowest BCUT2D eigenvalue weighted by molar-refractivity contribution is -0.161. The molecule has 0 rings (SSSR count). The first-order valence-corrected chi connectivity index (χ1v) is 39.2. The van der Waals surface area contributed by atoms with Gasteiger partial charge in [0.2, 0.25) is 0 Å². The van der Waals surface area contributed by atoms with Gasteiger partial charge in [0.1, 0.15) is 19.3 Å². The number of carbonyl (C=O) groups is 4. The second-order valence-corrected chi connectivity index (χ2v) is 29.0. The second kappa shape index (κ2) is 61.4. The van der Waals surface area contributed by atoms with Crippen LogP contribution in [0.1, 0.15) is 331 Å². The maximum absolute atomic E-state index is 13.0. The first-order valence-electron chi connectivity index (χ1n) is 36.2. The number of aliphatic hydroxyl groups is 1. The molecule has 0 saturated heterocycles. The van der Waals surface area contributed by atoms with Crippen molar-refractivity contribution in [3.05, 3.63) is 24.3 Å². The quantitative estimate of drug-likeness (QED) is 0.0169. The van der Waals surface area contributed by atoms with Gasteiger partial charge in [-0.15, -0.1) is 0 Å². The summed E-state index contributed by atoms with van der Waals surface area (Å²) in [5.74, 6) is 0.0418. The zero-order valence-electron chi connectivity index (χ0n) is 58.1. The van der Waals surface area contributed by atoms with Crippen molar-refractivity contribution in [3.8, 4) is 0 Å². The van der Waals surface area contributed by atoms with E-state index in [-0.39, 0.29) is 25.7 Å². The number of unbranched alkanes of at least 4 members (excludes halogenated alkanes) is 31. The lowest BCUT2D eigenvalue weighted by Crippen LogP contribution is -2.30. The van der Waals surface area contributed by atoms with Crippen molar-refractivity contribution in [1.82, 2.24) is 0 Å². The zero-order valence-corrected chi connectivity index (χ0v) is 59.9. The number of allylic oxidation sites excluding steroid dienone is 4. The minimum atomic E-state index is -4.96. The van der Waals surface area contributed by atoms with Crippen LogP contribution in [0.2, 0.25) is 0 Å². The molecule has 0 aliphatic rings. The molecule has 19 heteroatoms. The lowest BCUT2D eigenvalue weighted by Gasteiger charge is -2.21. The number of phosphoric ester groups is 2. The van der Waals surface area contributed by atoms with Crippen LogP contribution in [0.25, 0.3) is 0 Å². The third-order valence-electron chi connectivity index (χ3n) is 16.1. The first kappa shape index (κ1) is 87.5. The normalized spacial score (nSPS) is 14.7. The molecule has 530 valence electrons. The van der Waals surface area contributed by atoms with Crippen molar-refractivity contribution < 1.29 is 80.2 Å². The Kier molecular flexibility index (Phi) is 59.7. The predicted octanol–water partition coefficient (Wildman–Crippen LogP) is 19.8. The number of aliphatic hydroxyl groups excluding tert-OH is 1. The number of ether oxygens (including phenoxy) is 4. The van der Waals surface area contributed by atoms with Crippen LogP contribution in [-0.4, -0.2) is 96.7 Å². The molecule has 0 heterocycles. The van der Waals surface area contributed by atoms with Crippen LogP contribution >= 0.6 is 15.6 Å². The van der Waals surface area contributed by atoms with Crippen molar-refractivity contribution in [2.24, 2.45) is 17.8 Å². The summed E-state index contributed by atoms with van der Waals surface area (Å²) in [5, 5.41) is 10.6. The van der Waals surface area contributed by atoms with Gasteiger partial charge in [0.25, 0.3) is 0 Å². The monoisotopic (exact) mass is 1320 g/mol. The van der Waals surface area contributed by atoms with E-state index in [1.54, 1.807) is 0 Å². The molecular weight excluding hydrogens is 1190 g/mol. The number of phosphoric acid groups is 2. The third-order valence-corrected chi connectivity index (χ3v) is 18.0. The van der Waals surface area contributed by atoms with Crippen molar-refractivity contribution in [1.29, 1.82) is 0 Å². The van der Waals surface area contributed by atoms with E-state index >= 15 is 0 Å². The van der Waals surface area contributed by atoms with Gasteiger partial charge >= 0.3 is 39.5 Å². The van der Waals surface area contributed by atoms with Gasteiger partial charge in [0, 0.05) is 25.7 Å². The lowest BCUT2D eigenvalue weighted by atomic mass is 10.00. The summed E-state index contributed by atoms with van der Waals surface area (Å²) in [6.45, 7) is 11.7. The third kappa shape index (κ3) is 63.0. The molecule has 0 aromatic carbocycles. The summed E-state index contributed by atoms with van der Waals surface area (Å²) in [4.78, 5) is 72.5. The Bertz CT molecular complexity index is 1860. The Morgan fingerprint density at radius 3 is 0.989 bits per heavy atom. The first-order chi connectivity index (χ1) is 43.3. The van der Waals surface area contributed by atoms with E-state index in [0.29, 0.717) is 31.6 Å². The Balaban J connectivity index is 5.29. The SMILES string of the molecule is CCCCCC/C=C\C=C/CCCCCCCC(=O)O[C@H](COC(=O)CCCCCCCCCCCCCCC(C)C)COP(=O)(O)OCC(O)COP(=O)(O)OC[C@@H](COC(=O)CCCCCCCCCC(C)C)OC(=O)CCCCCCCCC(C)CC. The molecule has 0 spiro atoms. The maximum atomic E-state index is 13.0. The number of hydrogen-bond donors (Lipinski definition) is 3. The molecule has 0 aliphatic heterocycles. The molecule has 0 aromatic heterocycles. The fourth-order valence-electron chi connectivity index (χ4n) is 10.1. The van der Waals surface area contributed by atoms with E-state index < -0.39 is 97.5 Å². The van der Waals surface area contributed by atoms with Crippen LogP contribution in [0, 0.1) is 17.8 Å². The summed E-state index contributed by atoms with van der Waals surface area (Å²) in [6.07, 6.45) is 48.1. The number of hydrogen-bond acceptors (Lipinski definition) is 15. The van der Waals surface area contributed by atoms with Crippen LogP contribution in [0.4, 0.5) is 0 Å². The molecule has 0 amide bonds. The minimum absolute atomic E-state index is 0.0844. The van der Waals surface area contributed by atoms with Crippen LogP contribution in [0.3, 0.4) is 0 Å². The highest BCUT2D eigenvalue weighted by Gasteiger charge is 2.30. The average molecular weight is 1320 g/mol. The Morgan fingerprint density at radius 2 is 0.656 bits per heavy atom. The molecule has 0 bridgehead atoms. The standard InChI is InChI=1S/C71H134O17P2/c1-8-10-11-12-13-14-15-16-17-18-23-26-31-40-47-54-70(75)87-66(58-81-68(73)52-45-38-30-25-22-20-19-21-24-28-35-42-49-62(3)4)60-85-89(77,78)83-56-65(72)57-84-90(79,80)86-61-67(88-71(76)55-48-41-34-33-37-44-51-64(7)9-2)59-82-69(74)53-46-39-32-27-29-36-43-50-63(5)6/h14-17,62-67,72H,8-13,18-61H2,1-7H3,(H,77,78)(H,79,80)/b15-14-,17-16-/t64?,65?,66-,67-/m1/s1. The summed E-state index contributed by atoms with van der Waals surface area (Å²) in [6, 6.07) is 0. The van der Waals surface area contributed by atoms with Crippen LogP contribution < -0.4 is 0 Å². The van der Waals surface area contributed by atoms with Crippen molar-refractivity contribution in [2.45, 2.75) is 349 Å². The van der Waals surface area contributed by atoms with Gasteiger partial charge in [-0.05, 0) is 69.1 Å². The van der Waals surface area contributed by atoms with E-state index in [0.717, 1.165) is 121 Å². The summed E-state index contributed by atoms with van der Waals surface area (Å²) in [5.41, 5.74) is 0. The molecular formula is C71H134O17P2. The fraction of sp³-hybridized carbons (Fsp3) is 0.887. The van der Waals surface area contributed by atoms with Gasteiger partial charge in [-0.1, -0.05) is 278 Å². The molecule has 4 unspecified atom stereocenters. The van der Waals surface area contributed by atoms with Crippen LogP contribution in [-0.2, 0) is 65.4 Å². The fourth-order valence-corrected chi connectivity index (χ4v) is 11.7. The van der Waals surface area contributed by atoms with E-state index in [1.165, 1.54) is 122 Å². The highest BCUT2D eigenvalue weighted by Crippen LogP contribution is 2.45. The molecule has 90 heavy (non-hydrogen) atoms. The Morgan fingerprint density at radius 1 is 0.367 bits per heavy atom. The number of rotatable bonds is 67.